The lowest BCUT2D eigenvalue weighted by Gasteiger charge is -2.45. The van der Waals surface area contributed by atoms with Crippen molar-refractivity contribution in [2.24, 2.45) is 5.92 Å². The summed E-state index contributed by atoms with van der Waals surface area (Å²) in [6.45, 7) is 0.666. The van der Waals surface area contributed by atoms with E-state index in [0.717, 1.165) is 10.7 Å². The highest BCUT2D eigenvalue weighted by Crippen LogP contribution is 2.39. The third-order valence-corrected chi connectivity index (χ3v) is 8.29. The predicted octanol–water partition coefficient (Wildman–Crippen LogP) is 5.73. The van der Waals surface area contributed by atoms with Crippen molar-refractivity contribution in [2.75, 3.05) is 6.61 Å². The molecule has 0 bridgehead atoms. The number of ketones is 1. The summed E-state index contributed by atoms with van der Waals surface area (Å²) in [4.78, 5) is 13.9. The summed E-state index contributed by atoms with van der Waals surface area (Å²) in [5.41, 5.74) is -0.932. The molecular weight excluding hydrogens is 656 g/mol. The van der Waals surface area contributed by atoms with E-state index in [9.17, 15) is 41.4 Å². The molecule has 3 aromatic carbocycles. The Kier molecular flexibility index (Phi) is 10.4. The van der Waals surface area contributed by atoms with Gasteiger partial charge in [-0.15, -0.1) is 5.10 Å². The number of alkyl halides is 3. The van der Waals surface area contributed by atoms with Crippen LogP contribution in [0.5, 0.6) is 0 Å². The van der Waals surface area contributed by atoms with Crippen LogP contribution in [0.1, 0.15) is 29.7 Å². The van der Waals surface area contributed by atoms with E-state index >= 15 is 0 Å². The van der Waals surface area contributed by atoms with Crippen LogP contribution in [0.2, 0.25) is 5.02 Å². The topological polar surface area (TPSA) is 107 Å². The zero-order valence-electron chi connectivity index (χ0n) is 24.5. The minimum atomic E-state index is -4.73. The normalized spacial score (nSPS) is 22.3. The van der Waals surface area contributed by atoms with Crippen LogP contribution in [-0.2, 0) is 33.5 Å². The average molecular weight is 684 g/mol. The minimum Gasteiger partial charge on any atom is -0.394 e. The Morgan fingerprint density at radius 1 is 1.09 bits per heavy atom. The molecule has 2 heterocycles. The fourth-order valence-electron chi connectivity index (χ4n) is 5.66. The number of carbonyl (C=O) groups is 1. The molecule has 250 valence electrons. The van der Waals surface area contributed by atoms with Gasteiger partial charge in [-0.3, -0.25) is 4.79 Å². The van der Waals surface area contributed by atoms with Crippen molar-refractivity contribution >= 4 is 17.4 Å². The molecule has 4 aromatic rings. The first-order chi connectivity index (χ1) is 22.3. The fraction of sp³-hybridized carbons (Fsp3) is 0.344. The lowest BCUT2D eigenvalue weighted by molar-refractivity contribution is -0.214. The number of aliphatic hydroxyl groups excluding tert-OH is 2. The predicted molar refractivity (Wildman–Crippen MR) is 155 cm³/mol. The molecule has 8 nitrogen and oxygen atoms in total. The molecule has 1 fully saturated rings. The van der Waals surface area contributed by atoms with E-state index in [1.807, 2.05) is 0 Å². The summed E-state index contributed by atoms with van der Waals surface area (Å²) in [5, 5.41) is 29.6. The Bertz CT molecular complexity index is 1700. The number of aliphatic hydroxyl groups is 2. The van der Waals surface area contributed by atoms with Crippen LogP contribution in [-0.4, -0.2) is 62.0 Å². The zero-order valence-corrected chi connectivity index (χ0v) is 25.3. The molecule has 0 saturated carbocycles. The van der Waals surface area contributed by atoms with Crippen molar-refractivity contribution in [2.45, 2.75) is 56.6 Å². The summed E-state index contributed by atoms with van der Waals surface area (Å²) in [5.74, 6) is -6.23. The van der Waals surface area contributed by atoms with Crippen molar-refractivity contribution in [1.29, 1.82) is 0 Å². The van der Waals surface area contributed by atoms with Crippen LogP contribution in [0.25, 0.3) is 11.3 Å². The number of hydrogen-bond acceptors (Lipinski definition) is 7. The minimum absolute atomic E-state index is 0.0823. The number of carbonyl (C=O) groups excluding carboxylic acids is 1. The Hall–Kier alpha value is -3.82. The van der Waals surface area contributed by atoms with Gasteiger partial charge in [0.25, 0.3) is 0 Å². The molecule has 2 unspecified atom stereocenters. The van der Waals surface area contributed by atoms with E-state index in [-0.39, 0.29) is 23.4 Å². The number of rotatable bonds is 10. The van der Waals surface area contributed by atoms with Gasteiger partial charge in [-0.2, -0.15) is 13.2 Å². The van der Waals surface area contributed by atoms with Gasteiger partial charge in [0, 0.05) is 22.9 Å². The van der Waals surface area contributed by atoms with Crippen molar-refractivity contribution < 1.29 is 50.8 Å². The summed E-state index contributed by atoms with van der Waals surface area (Å²) < 4.78 is 95.9. The summed E-state index contributed by atoms with van der Waals surface area (Å²) >= 11 is 5.97. The molecule has 0 radical (unpaired) electrons. The lowest BCUT2D eigenvalue weighted by atomic mass is 9.82. The average Bonchev–Trinajstić information content (AvgIpc) is 3.51. The van der Waals surface area contributed by atoms with E-state index in [1.54, 1.807) is 31.2 Å². The molecule has 15 heteroatoms. The van der Waals surface area contributed by atoms with Gasteiger partial charge in [0.15, 0.2) is 23.2 Å². The molecule has 1 saturated heterocycles. The maximum atomic E-state index is 13.9. The van der Waals surface area contributed by atoms with Crippen molar-refractivity contribution in [3.05, 3.63) is 106 Å². The van der Waals surface area contributed by atoms with Gasteiger partial charge in [0.05, 0.1) is 37.1 Å². The Morgan fingerprint density at radius 2 is 1.74 bits per heavy atom. The third kappa shape index (κ3) is 7.52. The van der Waals surface area contributed by atoms with Crippen molar-refractivity contribution in [3.63, 3.8) is 0 Å². The van der Waals surface area contributed by atoms with Gasteiger partial charge in [-0.05, 0) is 41.5 Å². The first kappa shape index (κ1) is 34.5. The SMILES string of the molecule is CC1[C@H]([C@H](OCc2ccc(Cl)cc2)C(=O)Cc2ccccc2C(F)(F)F)OC(CO)[C@H](O)[C@@H]1n1cc(-c2cc(F)c(F)c(F)c2)nn1. The third-order valence-electron chi connectivity index (χ3n) is 8.04. The maximum Gasteiger partial charge on any atom is 0.416 e. The molecule has 0 spiro atoms. The molecule has 47 heavy (non-hydrogen) atoms. The number of ether oxygens (including phenoxy) is 2. The van der Waals surface area contributed by atoms with Gasteiger partial charge in [-0.25, -0.2) is 17.9 Å². The Balaban J connectivity index is 1.49. The fourth-order valence-corrected chi connectivity index (χ4v) is 5.79. The molecule has 0 aliphatic carbocycles. The largest absolute Gasteiger partial charge is 0.416 e. The van der Waals surface area contributed by atoms with E-state index in [1.165, 1.54) is 24.4 Å². The van der Waals surface area contributed by atoms with Gasteiger partial charge in [0.2, 0.25) is 0 Å². The molecule has 1 aliphatic rings. The van der Waals surface area contributed by atoms with Gasteiger partial charge in [-0.1, -0.05) is 54.1 Å². The van der Waals surface area contributed by atoms with Crippen LogP contribution in [0.15, 0.2) is 66.9 Å². The maximum absolute atomic E-state index is 13.9. The number of aromatic nitrogens is 3. The molecular formula is C32H28ClF6N3O5. The first-order valence-electron chi connectivity index (χ1n) is 14.3. The van der Waals surface area contributed by atoms with Crippen LogP contribution in [0.3, 0.4) is 0 Å². The Labute approximate surface area is 269 Å². The monoisotopic (exact) mass is 683 g/mol. The van der Waals surface area contributed by atoms with Crippen LogP contribution in [0.4, 0.5) is 26.3 Å². The highest BCUT2D eigenvalue weighted by Gasteiger charge is 2.49. The molecule has 2 N–H and O–H groups in total. The van der Waals surface area contributed by atoms with Gasteiger partial charge >= 0.3 is 6.18 Å². The lowest BCUT2D eigenvalue weighted by Crippen LogP contribution is -2.57. The summed E-state index contributed by atoms with van der Waals surface area (Å²) in [7, 11) is 0. The van der Waals surface area contributed by atoms with Gasteiger partial charge < -0.3 is 19.7 Å². The van der Waals surface area contributed by atoms with Crippen molar-refractivity contribution in [3.8, 4) is 11.3 Å². The number of benzene rings is 3. The second-order valence-corrected chi connectivity index (χ2v) is 11.6. The smallest absolute Gasteiger partial charge is 0.394 e. The first-order valence-corrected chi connectivity index (χ1v) is 14.7. The van der Waals surface area contributed by atoms with Crippen molar-refractivity contribution in [1.82, 2.24) is 15.0 Å². The quantitative estimate of drug-likeness (QED) is 0.163. The molecule has 1 aromatic heterocycles. The van der Waals surface area contributed by atoms with Gasteiger partial charge in [0.1, 0.15) is 24.0 Å². The second-order valence-electron chi connectivity index (χ2n) is 11.2. The summed E-state index contributed by atoms with van der Waals surface area (Å²) in [6.07, 6.45) is -9.70. The van der Waals surface area contributed by atoms with E-state index in [0.29, 0.717) is 22.7 Å². The zero-order chi connectivity index (χ0) is 34.0. The number of nitrogens with zero attached hydrogens (tertiary/aromatic N) is 3. The van der Waals surface area contributed by atoms with E-state index < -0.39 is 84.4 Å². The highest BCUT2D eigenvalue weighted by molar-refractivity contribution is 6.30. The second kappa shape index (κ2) is 14.1. The highest BCUT2D eigenvalue weighted by atomic mass is 35.5. The molecule has 5 rings (SSSR count). The van der Waals surface area contributed by atoms with E-state index in [4.69, 9.17) is 21.1 Å². The number of Topliss-reactive ketones (excluding diaryl/α,β-unsaturated/α-hetero) is 1. The van der Waals surface area contributed by atoms with Crippen LogP contribution in [0, 0.1) is 23.4 Å². The molecule has 0 amide bonds. The van der Waals surface area contributed by atoms with E-state index in [2.05, 4.69) is 10.3 Å². The molecule has 1 aliphatic heterocycles. The standard InChI is InChI=1S/C32H28ClF6N3O5/c1-16-28(42-13-24(40-41-42)19-10-22(34)27(36)23(35)11-19)29(45)26(14-43)47-30(16)31(46-15-17-6-8-20(33)9-7-17)25(44)12-18-4-2-3-5-21(18)32(37,38)39/h2-11,13,16,26,28-31,43,45H,12,14-15H2,1H3/t16?,26?,28-,29+,30-,31-/m1/s1. The number of halogens is 7. The number of hydrogen-bond donors (Lipinski definition) is 2. The summed E-state index contributed by atoms with van der Waals surface area (Å²) in [6, 6.07) is 11.4. The Morgan fingerprint density at radius 3 is 2.38 bits per heavy atom. The molecule has 6 atom stereocenters. The van der Waals surface area contributed by atoms with Crippen LogP contribution < -0.4 is 0 Å². The van der Waals surface area contributed by atoms with Crippen LogP contribution >= 0.6 is 11.6 Å².